The van der Waals surface area contributed by atoms with E-state index < -0.39 is 0 Å². The van der Waals surface area contributed by atoms with Crippen LogP contribution in [0.5, 0.6) is 0 Å². The molecule has 8 rings (SSSR count). The van der Waals surface area contributed by atoms with Gasteiger partial charge in [-0.05, 0) is 48.0 Å². The molecule has 38 heavy (non-hydrogen) atoms. The SMILES string of the molecule is c1ccc(-n2c3ccccc3c3ccc(-c4cncc5c6ccccc6n(-c6ccccc6)c45)cc32)cc1. The molecule has 0 bridgehead atoms. The normalized spacial score (nSPS) is 11.7. The van der Waals surface area contributed by atoms with Gasteiger partial charge in [0.15, 0.2) is 0 Å². The maximum Gasteiger partial charge on any atom is 0.0650 e. The van der Waals surface area contributed by atoms with E-state index in [0.29, 0.717) is 0 Å². The predicted molar refractivity (Wildman–Crippen MR) is 158 cm³/mol. The molecule has 0 radical (unpaired) electrons. The van der Waals surface area contributed by atoms with Gasteiger partial charge in [0, 0.05) is 50.9 Å². The lowest BCUT2D eigenvalue weighted by Gasteiger charge is -2.12. The van der Waals surface area contributed by atoms with Crippen molar-refractivity contribution in [3.63, 3.8) is 0 Å². The number of pyridine rings is 1. The maximum absolute atomic E-state index is 4.73. The van der Waals surface area contributed by atoms with E-state index in [2.05, 4.69) is 137 Å². The van der Waals surface area contributed by atoms with Crippen molar-refractivity contribution in [1.82, 2.24) is 14.1 Å². The second-order valence-electron chi connectivity index (χ2n) is 9.69. The molecule has 3 aromatic heterocycles. The van der Waals surface area contributed by atoms with E-state index in [9.17, 15) is 0 Å². The molecule has 178 valence electrons. The number of benzene rings is 5. The molecular formula is C35H23N3. The van der Waals surface area contributed by atoms with Crippen LogP contribution in [-0.2, 0) is 0 Å². The van der Waals surface area contributed by atoms with Crippen molar-refractivity contribution >= 4 is 43.6 Å². The fourth-order valence-electron chi connectivity index (χ4n) is 5.96. The molecule has 0 unspecified atom stereocenters. The van der Waals surface area contributed by atoms with Gasteiger partial charge in [-0.2, -0.15) is 0 Å². The molecule has 0 fully saturated rings. The topological polar surface area (TPSA) is 22.8 Å². The number of hydrogen-bond donors (Lipinski definition) is 0. The Balaban J connectivity index is 1.48. The molecule has 5 aromatic carbocycles. The van der Waals surface area contributed by atoms with Crippen LogP contribution in [0, 0.1) is 0 Å². The second-order valence-corrected chi connectivity index (χ2v) is 9.69. The third-order valence-electron chi connectivity index (χ3n) is 7.59. The first-order valence-electron chi connectivity index (χ1n) is 12.9. The third kappa shape index (κ3) is 2.99. The van der Waals surface area contributed by atoms with Crippen molar-refractivity contribution in [2.24, 2.45) is 0 Å². The number of rotatable bonds is 3. The number of aromatic nitrogens is 3. The van der Waals surface area contributed by atoms with Gasteiger partial charge < -0.3 is 9.13 Å². The summed E-state index contributed by atoms with van der Waals surface area (Å²) in [5, 5.41) is 4.87. The van der Waals surface area contributed by atoms with Gasteiger partial charge in [-0.1, -0.05) is 84.9 Å². The smallest absolute Gasteiger partial charge is 0.0650 e. The van der Waals surface area contributed by atoms with Gasteiger partial charge >= 0.3 is 0 Å². The first-order chi connectivity index (χ1) is 18.9. The molecular weight excluding hydrogens is 462 g/mol. The molecule has 0 aliphatic carbocycles. The van der Waals surface area contributed by atoms with E-state index in [1.54, 1.807) is 0 Å². The molecule has 0 aliphatic heterocycles. The van der Waals surface area contributed by atoms with Crippen molar-refractivity contribution in [3.8, 4) is 22.5 Å². The van der Waals surface area contributed by atoms with Gasteiger partial charge in [0.1, 0.15) is 0 Å². The Labute approximate surface area is 219 Å². The zero-order valence-corrected chi connectivity index (χ0v) is 20.6. The summed E-state index contributed by atoms with van der Waals surface area (Å²) in [7, 11) is 0. The molecule has 0 saturated carbocycles. The van der Waals surface area contributed by atoms with Gasteiger partial charge in [0.05, 0.1) is 22.1 Å². The van der Waals surface area contributed by atoms with Gasteiger partial charge in [-0.15, -0.1) is 0 Å². The van der Waals surface area contributed by atoms with Crippen molar-refractivity contribution < 1.29 is 0 Å². The fraction of sp³-hybridized carbons (Fsp3) is 0. The molecule has 0 atom stereocenters. The highest BCUT2D eigenvalue weighted by Gasteiger charge is 2.18. The zero-order valence-electron chi connectivity index (χ0n) is 20.6. The van der Waals surface area contributed by atoms with Crippen LogP contribution >= 0.6 is 0 Å². The second kappa shape index (κ2) is 8.19. The van der Waals surface area contributed by atoms with Crippen LogP contribution in [0.3, 0.4) is 0 Å². The highest BCUT2D eigenvalue weighted by Crippen LogP contribution is 2.40. The highest BCUT2D eigenvalue weighted by atomic mass is 15.0. The highest BCUT2D eigenvalue weighted by molar-refractivity contribution is 6.15. The average Bonchev–Trinajstić information content (AvgIpc) is 3.51. The summed E-state index contributed by atoms with van der Waals surface area (Å²) in [5.41, 5.74) is 9.33. The average molecular weight is 486 g/mol. The maximum atomic E-state index is 4.73. The van der Waals surface area contributed by atoms with E-state index >= 15 is 0 Å². The fourth-order valence-corrected chi connectivity index (χ4v) is 5.96. The minimum Gasteiger partial charge on any atom is -0.309 e. The molecule has 0 saturated heterocycles. The van der Waals surface area contributed by atoms with E-state index in [4.69, 9.17) is 4.98 Å². The summed E-state index contributed by atoms with van der Waals surface area (Å²) >= 11 is 0. The quantitative estimate of drug-likeness (QED) is 0.245. The van der Waals surface area contributed by atoms with Crippen molar-refractivity contribution in [2.45, 2.75) is 0 Å². The minimum atomic E-state index is 1.12. The van der Waals surface area contributed by atoms with Crippen molar-refractivity contribution in [3.05, 3.63) is 140 Å². The zero-order chi connectivity index (χ0) is 25.1. The largest absolute Gasteiger partial charge is 0.309 e. The standard InChI is InChI=1S/C35H23N3/c1-3-11-25(12-4-1)37-32-17-9-7-15-27(32)29-20-19-24(21-34(29)37)30-22-36-23-31-28-16-8-10-18-33(28)38(35(30)31)26-13-5-2-6-14-26/h1-23H. The Bertz CT molecular complexity index is 2120. The molecule has 0 aliphatic rings. The predicted octanol–water partition coefficient (Wildman–Crippen LogP) is 8.94. The molecule has 0 amide bonds. The van der Waals surface area contributed by atoms with Crippen LogP contribution in [0.1, 0.15) is 0 Å². The van der Waals surface area contributed by atoms with E-state index in [1.165, 1.54) is 38.2 Å². The minimum absolute atomic E-state index is 1.12. The van der Waals surface area contributed by atoms with E-state index in [-0.39, 0.29) is 0 Å². The molecule has 3 heteroatoms. The lowest BCUT2D eigenvalue weighted by atomic mass is 10.0. The van der Waals surface area contributed by atoms with E-state index in [1.807, 2.05) is 12.4 Å². The molecule has 8 aromatic rings. The van der Waals surface area contributed by atoms with Gasteiger partial charge in [-0.3, -0.25) is 4.98 Å². The first kappa shape index (κ1) is 21.0. The van der Waals surface area contributed by atoms with Crippen LogP contribution in [0.4, 0.5) is 0 Å². The Kier molecular flexibility index (Phi) is 4.52. The number of hydrogen-bond acceptors (Lipinski definition) is 1. The summed E-state index contributed by atoms with van der Waals surface area (Å²) < 4.78 is 4.74. The lowest BCUT2D eigenvalue weighted by molar-refractivity contribution is 1.17. The monoisotopic (exact) mass is 485 g/mol. The van der Waals surface area contributed by atoms with Crippen LogP contribution in [0.15, 0.2) is 140 Å². The van der Waals surface area contributed by atoms with Gasteiger partial charge in [-0.25, -0.2) is 0 Å². The van der Waals surface area contributed by atoms with E-state index in [0.717, 1.165) is 27.9 Å². The summed E-state index contributed by atoms with van der Waals surface area (Å²) in [6.45, 7) is 0. The Morgan fingerprint density at radius 1 is 0.421 bits per heavy atom. The Morgan fingerprint density at radius 3 is 1.68 bits per heavy atom. The van der Waals surface area contributed by atoms with Crippen molar-refractivity contribution in [1.29, 1.82) is 0 Å². The molecule has 0 spiro atoms. The van der Waals surface area contributed by atoms with Crippen LogP contribution in [-0.4, -0.2) is 14.1 Å². The number of nitrogens with zero attached hydrogens (tertiary/aromatic N) is 3. The van der Waals surface area contributed by atoms with Gasteiger partial charge in [0.2, 0.25) is 0 Å². The molecule has 0 N–H and O–H groups in total. The van der Waals surface area contributed by atoms with Crippen LogP contribution < -0.4 is 0 Å². The first-order valence-corrected chi connectivity index (χ1v) is 12.9. The number of para-hydroxylation sites is 4. The number of fused-ring (bicyclic) bond motifs is 6. The lowest BCUT2D eigenvalue weighted by Crippen LogP contribution is -1.96. The summed E-state index contributed by atoms with van der Waals surface area (Å²) in [4.78, 5) is 4.73. The van der Waals surface area contributed by atoms with Gasteiger partial charge in [0.25, 0.3) is 0 Å². The summed E-state index contributed by atoms with van der Waals surface area (Å²) in [6.07, 6.45) is 4.01. The van der Waals surface area contributed by atoms with Crippen LogP contribution in [0.25, 0.3) is 66.1 Å². The Morgan fingerprint density at radius 2 is 0.974 bits per heavy atom. The third-order valence-corrected chi connectivity index (χ3v) is 7.59. The van der Waals surface area contributed by atoms with Crippen molar-refractivity contribution in [2.75, 3.05) is 0 Å². The summed E-state index contributed by atoms with van der Waals surface area (Å²) in [5.74, 6) is 0. The summed E-state index contributed by atoms with van der Waals surface area (Å²) in [6, 6.07) is 45.3. The van der Waals surface area contributed by atoms with Crippen LogP contribution in [0.2, 0.25) is 0 Å². The Hall–Kier alpha value is -5.15. The molecule has 3 heterocycles. The molecule has 3 nitrogen and oxygen atoms in total.